The van der Waals surface area contributed by atoms with E-state index in [0.29, 0.717) is 12.0 Å². The predicted molar refractivity (Wildman–Crippen MR) is 68.2 cm³/mol. The number of aromatic nitrogens is 2. The summed E-state index contributed by atoms with van der Waals surface area (Å²) in [5.41, 5.74) is 3.82. The van der Waals surface area contributed by atoms with Gasteiger partial charge in [-0.05, 0) is 39.3 Å². The van der Waals surface area contributed by atoms with Crippen LogP contribution in [0.1, 0.15) is 23.4 Å². The molecule has 1 N–H and O–H groups in total. The molecule has 17 heavy (non-hydrogen) atoms. The Bertz CT molecular complexity index is 380. The summed E-state index contributed by atoms with van der Waals surface area (Å²) in [5.74, 6) is 0.638. The first-order chi connectivity index (χ1) is 8.13. The first-order valence-electron chi connectivity index (χ1n) is 6.37. The zero-order valence-electron chi connectivity index (χ0n) is 11.3. The third-order valence-corrected chi connectivity index (χ3v) is 3.99. The summed E-state index contributed by atoms with van der Waals surface area (Å²) < 4.78 is 7.46. The Morgan fingerprint density at radius 2 is 2.29 bits per heavy atom. The lowest BCUT2D eigenvalue weighted by molar-refractivity contribution is 0.177. The molecule has 4 nitrogen and oxygen atoms in total. The summed E-state index contributed by atoms with van der Waals surface area (Å²) in [4.78, 5) is 0. The maximum absolute atomic E-state index is 5.48. The van der Waals surface area contributed by atoms with Crippen molar-refractivity contribution < 1.29 is 4.74 Å². The van der Waals surface area contributed by atoms with Crippen LogP contribution < -0.4 is 5.32 Å². The summed E-state index contributed by atoms with van der Waals surface area (Å²) >= 11 is 0. The fourth-order valence-corrected chi connectivity index (χ4v) is 2.71. The fourth-order valence-electron chi connectivity index (χ4n) is 2.71. The molecule has 0 saturated carbocycles. The van der Waals surface area contributed by atoms with Gasteiger partial charge < -0.3 is 10.1 Å². The van der Waals surface area contributed by atoms with Crippen LogP contribution in [0.2, 0.25) is 0 Å². The normalized spacial score (nSPS) is 22.0. The maximum atomic E-state index is 5.48. The van der Waals surface area contributed by atoms with Crippen LogP contribution in [0.15, 0.2) is 0 Å². The van der Waals surface area contributed by atoms with Crippen LogP contribution in [0.3, 0.4) is 0 Å². The second-order valence-corrected chi connectivity index (χ2v) is 5.00. The van der Waals surface area contributed by atoms with Gasteiger partial charge in [-0.15, -0.1) is 0 Å². The van der Waals surface area contributed by atoms with Crippen LogP contribution in [0.25, 0.3) is 0 Å². The van der Waals surface area contributed by atoms with E-state index >= 15 is 0 Å². The van der Waals surface area contributed by atoms with Crippen LogP contribution in [0, 0.1) is 19.8 Å². The van der Waals surface area contributed by atoms with E-state index in [4.69, 9.17) is 4.74 Å². The smallest absolute Gasteiger partial charge is 0.0628 e. The standard InChI is InChI=1S/C13H23N3O/c1-9-12(10(2)16(4)15-9)7-13(14-3)11-5-6-17-8-11/h11,13-14H,5-8H2,1-4H3. The summed E-state index contributed by atoms with van der Waals surface area (Å²) in [6.45, 7) is 6.05. The van der Waals surface area contributed by atoms with E-state index in [1.807, 2.05) is 18.8 Å². The maximum Gasteiger partial charge on any atom is 0.0628 e. The van der Waals surface area contributed by atoms with Crippen molar-refractivity contribution in [3.63, 3.8) is 0 Å². The van der Waals surface area contributed by atoms with Crippen molar-refractivity contribution in [2.45, 2.75) is 32.7 Å². The molecule has 1 aliphatic rings. The minimum Gasteiger partial charge on any atom is -0.381 e. The highest BCUT2D eigenvalue weighted by atomic mass is 16.5. The van der Waals surface area contributed by atoms with Gasteiger partial charge >= 0.3 is 0 Å². The molecule has 1 saturated heterocycles. The van der Waals surface area contributed by atoms with Gasteiger partial charge in [0.05, 0.1) is 12.3 Å². The Morgan fingerprint density at radius 3 is 2.76 bits per heavy atom. The quantitative estimate of drug-likeness (QED) is 0.855. The van der Waals surface area contributed by atoms with Gasteiger partial charge in [-0.1, -0.05) is 0 Å². The Morgan fingerprint density at radius 1 is 1.53 bits per heavy atom. The van der Waals surface area contributed by atoms with Crippen molar-refractivity contribution in [1.29, 1.82) is 0 Å². The highest BCUT2D eigenvalue weighted by Gasteiger charge is 2.26. The molecular formula is C13H23N3O. The summed E-state index contributed by atoms with van der Waals surface area (Å²) in [6.07, 6.45) is 2.22. The van der Waals surface area contributed by atoms with Gasteiger partial charge in [-0.2, -0.15) is 5.10 Å². The second kappa shape index (κ2) is 5.19. The average Bonchev–Trinajstić information content (AvgIpc) is 2.89. The topological polar surface area (TPSA) is 39.1 Å². The molecule has 0 bridgehead atoms. The van der Waals surface area contributed by atoms with Gasteiger partial charge in [0.15, 0.2) is 0 Å². The van der Waals surface area contributed by atoms with Gasteiger partial charge in [0.2, 0.25) is 0 Å². The monoisotopic (exact) mass is 237 g/mol. The Kier molecular flexibility index (Phi) is 3.84. The van der Waals surface area contributed by atoms with Crippen molar-refractivity contribution in [3.8, 4) is 0 Å². The molecule has 2 heterocycles. The van der Waals surface area contributed by atoms with Gasteiger partial charge in [0.1, 0.15) is 0 Å². The second-order valence-electron chi connectivity index (χ2n) is 5.00. The van der Waals surface area contributed by atoms with E-state index in [1.54, 1.807) is 0 Å². The fraction of sp³-hybridized carbons (Fsp3) is 0.769. The van der Waals surface area contributed by atoms with Gasteiger partial charge in [-0.25, -0.2) is 0 Å². The SMILES string of the molecule is CNC(Cc1c(C)nn(C)c1C)C1CCOC1. The summed E-state index contributed by atoms with van der Waals surface area (Å²) in [6, 6.07) is 0.499. The van der Waals surface area contributed by atoms with Crippen LogP contribution in [0.4, 0.5) is 0 Å². The van der Waals surface area contributed by atoms with E-state index in [-0.39, 0.29) is 0 Å². The van der Waals surface area contributed by atoms with Crippen molar-refractivity contribution in [1.82, 2.24) is 15.1 Å². The number of hydrogen-bond donors (Lipinski definition) is 1. The lowest BCUT2D eigenvalue weighted by Crippen LogP contribution is -2.36. The molecule has 0 radical (unpaired) electrons. The number of nitrogens with one attached hydrogen (secondary N) is 1. The molecule has 0 spiro atoms. The van der Waals surface area contributed by atoms with Gasteiger partial charge in [-0.3, -0.25) is 4.68 Å². The number of ether oxygens (including phenoxy) is 1. The highest BCUT2D eigenvalue weighted by Crippen LogP contribution is 2.22. The minimum absolute atomic E-state index is 0.499. The zero-order chi connectivity index (χ0) is 12.4. The molecule has 1 aromatic heterocycles. The molecule has 0 aromatic carbocycles. The van der Waals surface area contributed by atoms with Crippen molar-refractivity contribution in [3.05, 3.63) is 17.0 Å². The van der Waals surface area contributed by atoms with Crippen molar-refractivity contribution >= 4 is 0 Å². The molecule has 2 atom stereocenters. The van der Waals surface area contributed by atoms with E-state index in [0.717, 1.165) is 25.3 Å². The third kappa shape index (κ3) is 2.53. The van der Waals surface area contributed by atoms with Crippen molar-refractivity contribution in [2.24, 2.45) is 13.0 Å². The van der Waals surface area contributed by atoms with E-state index < -0.39 is 0 Å². The molecule has 96 valence electrons. The van der Waals surface area contributed by atoms with Gasteiger partial charge in [0, 0.05) is 31.3 Å². The molecular weight excluding hydrogens is 214 g/mol. The lowest BCUT2D eigenvalue weighted by Gasteiger charge is -2.22. The molecule has 1 aromatic rings. The Labute approximate surface area is 103 Å². The minimum atomic E-state index is 0.499. The Balaban J connectivity index is 2.12. The molecule has 1 aliphatic heterocycles. The average molecular weight is 237 g/mol. The van der Waals surface area contributed by atoms with E-state index in [2.05, 4.69) is 24.3 Å². The molecule has 4 heteroatoms. The number of nitrogens with zero attached hydrogens (tertiary/aromatic N) is 2. The summed E-state index contributed by atoms with van der Waals surface area (Å²) in [5, 5.41) is 7.92. The lowest BCUT2D eigenvalue weighted by atomic mass is 9.92. The summed E-state index contributed by atoms with van der Waals surface area (Å²) in [7, 11) is 4.06. The van der Waals surface area contributed by atoms with E-state index in [1.165, 1.54) is 17.7 Å². The van der Waals surface area contributed by atoms with E-state index in [9.17, 15) is 0 Å². The first kappa shape index (κ1) is 12.6. The van der Waals surface area contributed by atoms with Crippen LogP contribution in [0.5, 0.6) is 0 Å². The number of hydrogen-bond acceptors (Lipinski definition) is 3. The molecule has 1 fully saturated rings. The van der Waals surface area contributed by atoms with Crippen LogP contribution >= 0.6 is 0 Å². The molecule has 2 unspecified atom stereocenters. The van der Waals surface area contributed by atoms with Gasteiger partial charge in [0.25, 0.3) is 0 Å². The highest BCUT2D eigenvalue weighted by molar-refractivity contribution is 5.25. The third-order valence-electron chi connectivity index (χ3n) is 3.99. The first-order valence-corrected chi connectivity index (χ1v) is 6.37. The Hall–Kier alpha value is -0.870. The number of rotatable bonds is 4. The zero-order valence-corrected chi connectivity index (χ0v) is 11.3. The number of aryl methyl sites for hydroxylation is 2. The molecule has 0 amide bonds. The largest absolute Gasteiger partial charge is 0.381 e. The van der Waals surface area contributed by atoms with Crippen molar-refractivity contribution in [2.75, 3.05) is 20.3 Å². The predicted octanol–water partition coefficient (Wildman–Crippen LogP) is 1.20. The molecule has 2 rings (SSSR count). The molecule has 0 aliphatic carbocycles. The van der Waals surface area contributed by atoms with Crippen LogP contribution in [-0.2, 0) is 18.2 Å². The van der Waals surface area contributed by atoms with Crippen LogP contribution in [-0.4, -0.2) is 36.1 Å². The number of likely N-dealkylation sites (N-methyl/N-ethyl adjacent to an activating group) is 1.